The summed E-state index contributed by atoms with van der Waals surface area (Å²) in [5.41, 5.74) is 4.07. The molecular weight excluding hydrogens is 312 g/mol. The van der Waals surface area contributed by atoms with Gasteiger partial charge in [0.25, 0.3) is 0 Å². The van der Waals surface area contributed by atoms with Crippen molar-refractivity contribution in [3.63, 3.8) is 0 Å². The van der Waals surface area contributed by atoms with Crippen molar-refractivity contribution in [1.82, 2.24) is 5.43 Å². The maximum atomic E-state index is 5.59. The predicted molar refractivity (Wildman–Crippen MR) is 78.4 cm³/mol. The molecule has 0 aliphatic rings. The highest BCUT2D eigenvalue weighted by Crippen LogP contribution is 2.30. The Labute approximate surface area is 119 Å². The van der Waals surface area contributed by atoms with Crippen LogP contribution >= 0.6 is 27.7 Å². The van der Waals surface area contributed by atoms with Gasteiger partial charge in [-0.3, -0.25) is 5.84 Å². The zero-order valence-electron chi connectivity index (χ0n) is 10.0. The number of nitrogens with two attached hydrogens (primary N) is 1. The molecule has 3 N–H and O–H groups in total. The van der Waals surface area contributed by atoms with Gasteiger partial charge in [-0.1, -0.05) is 18.2 Å². The van der Waals surface area contributed by atoms with Crippen molar-refractivity contribution in [3.05, 3.63) is 52.4 Å². The summed E-state index contributed by atoms with van der Waals surface area (Å²) in [6.07, 6.45) is 1.65. The van der Waals surface area contributed by atoms with Gasteiger partial charge < -0.3 is 4.42 Å². The number of thioether (sulfide) groups is 1. The average molecular weight is 327 g/mol. The number of rotatable bonds is 5. The first-order chi connectivity index (χ1) is 8.72. The third-order valence-electron chi connectivity index (χ3n) is 2.66. The van der Waals surface area contributed by atoms with E-state index in [1.54, 1.807) is 18.0 Å². The second-order valence-electron chi connectivity index (χ2n) is 3.93. The summed E-state index contributed by atoms with van der Waals surface area (Å²) in [7, 11) is 0. The number of halogens is 1. The van der Waals surface area contributed by atoms with Gasteiger partial charge in [0.2, 0.25) is 0 Å². The zero-order chi connectivity index (χ0) is 13.0. The van der Waals surface area contributed by atoms with Crippen molar-refractivity contribution in [2.75, 3.05) is 5.75 Å². The molecular formula is C13H15BrN2OS. The van der Waals surface area contributed by atoms with E-state index in [0.29, 0.717) is 0 Å². The minimum atomic E-state index is -0.0148. The third kappa shape index (κ3) is 3.17. The summed E-state index contributed by atoms with van der Waals surface area (Å²) >= 11 is 5.21. The van der Waals surface area contributed by atoms with Crippen LogP contribution in [0.4, 0.5) is 0 Å². The van der Waals surface area contributed by atoms with Crippen LogP contribution in [-0.2, 0) is 0 Å². The number of hydrogen-bond donors (Lipinski definition) is 2. The van der Waals surface area contributed by atoms with Crippen molar-refractivity contribution in [1.29, 1.82) is 0 Å². The molecule has 1 aromatic heterocycles. The maximum Gasteiger partial charge on any atom is 0.137 e. The molecule has 0 aliphatic heterocycles. The first-order valence-corrected chi connectivity index (χ1v) is 7.37. The number of benzene rings is 1. The van der Waals surface area contributed by atoms with Gasteiger partial charge in [0.1, 0.15) is 5.76 Å². The summed E-state index contributed by atoms with van der Waals surface area (Å²) in [6.45, 7) is 2.11. The van der Waals surface area contributed by atoms with Crippen LogP contribution in [0.3, 0.4) is 0 Å². The standard InChI is InChI=1S/C13H15BrN2OS/c1-9-4-2-3-5-12(9)18-8-11(16-15)13-10(14)6-7-17-13/h2-7,11,16H,8,15H2,1H3. The zero-order valence-corrected chi connectivity index (χ0v) is 12.4. The van der Waals surface area contributed by atoms with Gasteiger partial charge in [0, 0.05) is 10.6 Å². The van der Waals surface area contributed by atoms with Gasteiger partial charge >= 0.3 is 0 Å². The van der Waals surface area contributed by atoms with Crippen LogP contribution in [-0.4, -0.2) is 5.75 Å². The first-order valence-electron chi connectivity index (χ1n) is 5.60. The Morgan fingerprint density at radius 2 is 2.17 bits per heavy atom. The number of furan rings is 1. The van der Waals surface area contributed by atoms with Gasteiger partial charge in [-0.05, 0) is 40.5 Å². The van der Waals surface area contributed by atoms with Gasteiger partial charge in [-0.15, -0.1) is 11.8 Å². The molecule has 0 bridgehead atoms. The van der Waals surface area contributed by atoms with Crippen LogP contribution in [0.2, 0.25) is 0 Å². The number of aryl methyl sites for hydroxylation is 1. The number of hydrogen-bond acceptors (Lipinski definition) is 4. The summed E-state index contributed by atoms with van der Waals surface area (Å²) < 4.78 is 6.37. The second kappa shape index (κ2) is 6.43. The van der Waals surface area contributed by atoms with E-state index in [0.717, 1.165) is 16.0 Å². The van der Waals surface area contributed by atoms with Crippen LogP contribution < -0.4 is 11.3 Å². The lowest BCUT2D eigenvalue weighted by Gasteiger charge is -2.14. The Hall–Kier alpha value is -0.750. The van der Waals surface area contributed by atoms with E-state index in [4.69, 9.17) is 10.3 Å². The SMILES string of the molecule is Cc1ccccc1SCC(NN)c1occc1Br. The molecule has 2 aromatic rings. The minimum Gasteiger partial charge on any atom is -0.466 e. The largest absolute Gasteiger partial charge is 0.466 e. The molecule has 0 saturated heterocycles. The highest BCUT2D eigenvalue weighted by Gasteiger charge is 2.17. The van der Waals surface area contributed by atoms with Crippen LogP contribution in [0.1, 0.15) is 17.4 Å². The van der Waals surface area contributed by atoms with Crippen LogP contribution in [0, 0.1) is 6.92 Å². The second-order valence-corrected chi connectivity index (χ2v) is 5.84. The maximum absolute atomic E-state index is 5.59. The monoisotopic (exact) mass is 326 g/mol. The van der Waals surface area contributed by atoms with Crippen LogP contribution in [0.15, 0.2) is 50.4 Å². The van der Waals surface area contributed by atoms with E-state index in [1.165, 1.54) is 10.5 Å². The van der Waals surface area contributed by atoms with E-state index < -0.39 is 0 Å². The molecule has 0 aliphatic carbocycles. The molecule has 1 aromatic carbocycles. The minimum absolute atomic E-state index is 0.0148. The molecule has 1 heterocycles. The molecule has 96 valence electrons. The fourth-order valence-electron chi connectivity index (χ4n) is 1.65. The van der Waals surface area contributed by atoms with Crippen molar-refractivity contribution in [2.45, 2.75) is 17.9 Å². The highest BCUT2D eigenvalue weighted by molar-refractivity contribution is 9.10. The Morgan fingerprint density at radius 1 is 1.39 bits per heavy atom. The van der Waals surface area contributed by atoms with E-state index in [-0.39, 0.29) is 6.04 Å². The lowest BCUT2D eigenvalue weighted by Crippen LogP contribution is -2.29. The van der Waals surface area contributed by atoms with Gasteiger partial charge in [-0.2, -0.15) is 0 Å². The lowest BCUT2D eigenvalue weighted by atomic mass is 10.2. The Morgan fingerprint density at radius 3 is 2.78 bits per heavy atom. The topological polar surface area (TPSA) is 51.2 Å². The molecule has 1 unspecified atom stereocenters. The summed E-state index contributed by atoms with van der Waals surface area (Å²) in [5.74, 6) is 7.24. The fraction of sp³-hybridized carbons (Fsp3) is 0.231. The molecule has 0 fully saturated rings. The van der Waals surface area contributed by atoms with Gasteiger partial charge in [0.15, 0.2) is 0 Å². The van der Waals surface area contributed by atoms with Gasteiger partial charge in [0.05, 0.1) is 16.8 Å². The number of hydrazine groups is 1. The van der Waals surface area contributed by atoms with E-state index >= 15 is 0 Å². The Balaban J connectivity index is 2.05. The van der Waals surface area contributed by atoms with E-state index in [1.807, 2.05) is 18.2 Å². The number of nitrogens with one attached hydrogen (secondary N) is 1. The van der Waals surface area contributed by atoms with Crippen molar-refractivity contribution >= 4 is 27.7 Å². The van der Waals surface area contributed by atoms with Crippen LogP contribution in [0.5, 0.6) is 0 Å². The normalized spacial score (nSPS) is 12.6. The molecule has 0 spiro atoms. The highest BCUT2D eigenvalue weighted by atomic mass is 79.9. The van der Waals surface area contributed by atoms with E-state index in [2.05, 4.69) is 40.4 Å². The third-order valence-corrected chi connectivity index (χ3v) is 4.59. The molecule has 0 radical (unpaired) electrons. The van der Waals surface area contributed by atoms with Crippen molar-refractivity contribution < 1.29 is 4.42 Å². The molecule has 1 atom stereocenters. The smallest absolute Gasteiger partial charge is 0.137 e. The summed E-state index contributed by atoms with van der Waals surface area (Å²) in [5, 5.41) is 0. The van der Waals surface area contributed by atoms with Crippen LogP contribution in [0.25, 0.3) is 0 Å². The molecule has 5 heteroatoms. The molecule has 18 heavy (non-hydrogen) atoms. The van der Waals surface area contributed by atoms with Crippen molar-refractivity contribution in [3.8, 4) is 0 Å². The Bertz CT molecular complexity index is 515. The van der Waals surface area contributed by atoms with Crippen molar-refractivity contribution in [2.24, 2.45) is 5.84 Å². The molecule has 0 amide bonds. The first kappa shape index (κ1) is 13.7. The quantitative estimate of drug-likeness (QED) is 0.500. The molecule has 0 saturated carbocycles. The average Bonchev–Trinajstić information content (AvgIpc) is 2.79. The Kier molecular flexibility index (Phi) is 4.88. The summed E-state index contributed by atoms with van der Waals surface area (Å²) in [4.78, 5) is 1.26. The summed E-state index contributed by atoms with van der Waals surface area (Å²) in [6, 6.07) is 10.2. The molecule has 3 nitrogen and oxygen atoms in total. The fourth-order valence-corrected chi connectivity index (χ4v) is 3.19. The molecule has 2 rings (SSSR count). The van der Waals surface area contributed by atoms with Gasteiger partial charge in [-0.25, -0.2) is 5.43 Å². The lowest BCUT2D eigenvalue weighted by molar-refractivity contribution is 0.438. The van der Waals surface area contributed by atoms with E-state index in [9.17, 15) is 0 Å². The predicted octanol–water partition coefficient (Wildman–Crippen LogP) is 3.65.